The van der Waals surface area contributed by atoms with E-state index in [2.05, 4.69) is 13.0 Å². The zero-order valence-electron chi connectivity index (χ0n) is 7.73. The van der Waals surface area contributed by atoms with Crippen LogP contribution < -0.4 is 4.90 Å². The van der Waals surface area contributed by atoms with Crippen molar-refractivity contribution in [3.63, 3.8) is 0 Å². The van der Waals surface area contributed by atoms with Gasteiger partial charge in [-0.05, 0) is 24.0 Å². The summed E-state index contributed by atoms with van der Waals surface area (Å²) < 4.78 is 0. The van der Waals surface area contributed by atoms with Crippen molar-refractivity contribution < 1.29 is 4.79 Å². The molecule has 0 aliphatic carbocycles. The summed E-state index contributed by atoms with van der Waals surface area (Å²) in [5, 5.41) is 0. The minimum Gasteiger partial charge on any atom is -0.314 e. The second-order valence-corrected chi connectivity index (χ2v) is 3.70. The van der Waals surface area contributed by atoms with E-state index in [-0.39, 0.29) is 0 Å². The summed E-state index contributed by atoms with van der Waals surface area (Å²) in [6.07, 6.45) is 2.01. The Hall–Kier alpha value is -1.31. The highest BCUT2D eigenvalue weighted by Gasteiger charge is 2.20. The molecule has 0 aromatic heterocycles. The molecule has 13 heavy (non-hydrogen) atoms. The van der Waals surface area contributed by atoms with E-state index >= 15 is 0 Å². The molecule has 1 heterocycles. The van der Waals surface area contributed by atoms with E-state index in [1.54, 1.807) is 4.90 Å². The van der Waals surface area contributed by atoms with E-state index in [0.717, 1.165) is 25.1 Å². The average Bonchev–Trinajstić information content (AvgIpc) is 2.16. The molecule has 0 N–H and O–H groups in total. The highest BCUT2D eigenvalue weighted by Crippen LogP contribution is 2.27. The van der Waals surface area contributed by atoms with Crippen molar-refractivity contribution in [2.45, 2.75) is 13.3 Å². The lowest BCUT2D eigenvalue weighted by Gasteiger charge is -2.29. The van der Waals surface area contributed by atoms with Gasteiger partial charge in [0.1, 0.15) is 0 Å². The topological polar surface area (TPSA) is 20.3 Å². The molecule has 0 saturated carbocycles. The molecule has 2 heteroatoms. The maximum atomic E-state index is 10.8. The predicted octanol–water partition coefficient (Wildman–Crippen LogP) is 1.84. The highest BCUT2D eigenvalue weighted by atomic mass is 16.1. The van der Waals surface area contributed by atoms with Gasteiger partial charge < -0.3 is 4.90 Å². The number of benzene rings is 1. The molecule has 1 aliphatic heterocycles. The smallest absolute Gasteiger partial charge is 0.214 e. The first kappa shape index (κ1) is 8.30. The van der Waals surface area contributed by atoms with Crippen LogP contribution in [0.1, 0.15) is 12.5 Å². The summed E-state index contributed by atoms with van der Waals surface area (Å²) in [4.78, 5) is 12.6. The number of anilines is 1. The van der Waals surface area contributed by atoms with Crippen molar-refractivity contribution in [1.82, 2.24) is 0 Å². The Bertz CT molecular complexity index is 322. The summed E-state index contributed by atoms with van der Waals surface area (Å²) >= 11 is 0. The third-order valence-electron chi connectivity index (χ3n) is 2.51. The zero-order valence-corrected chi connectivity index (χ0v) is 7.73. The third-order valence-corrected chi connectivity index (χ3v) is 2.51. The van der Waals surface area contributed by atoms with Crippen LogP contribution >= 0.6 is 0 Å². The van der Waals surface area contributed by atoms with Crippen LogP contribution in [0, 0.1) is 5.92 Å². The van der Waals surface area contributed by atoms with E-state index in [4.69, 9.17) is 0 Å². The minimum absolute atomic E-state index is 0.570. The normalized spacial score (nSPS) is 21.0. The molecular weight excluding hydrogens is 162 g/mol. The summed E-state index contributed by atoms with van der Waals surface area (Å²) in [7, 11) is 0. The van der Waals surface area contributed by atoms with Crippen LogP contribution in [0.2, 0.25) is 0 Å². The van der Waals surface area contributed by atoms with Crippen LogP contribution in [0.25, 0.3) is 0 Å². The molecule has 2 rings (SSSR count). The maximum absolute atomic E-state index is 10.8. The van der Waals surface area contributed by atoms with E-state index in [1.165, 1.54) is 5.56 Å². The van der Waals surface area contributed by atoms with Crippen molar-refractivity contribution in [2.24, 2.45) is 5.92 Å². The van der Waals surface area contributed by atoms with Crippen LogP contribution in [0.4, 0.5) is 5.69 Å². The van der Waals surface area contributed by atoms with Crippen LogP contribution in [-0.2, 0) is 11.2 Å². The fourth-order valence-corrected chi connectivity index (χ4v) is 1.94. The van der Waals surface area contributed by atoms with Gasteiger partial charge >= 0.3 is 0 Å². The standard InChI is InChI=1S/C11H13NO/c1-9-6-10-4-2-3-5-11(10)12(7-9)8-13/h2-5,8-9H,6-7H2,1H3. The molecule has 68 valence electrons. The molecule has 1 atom stereocenters. The van der Waals surface area contributed by atoms with E-state index < -0.39 is 0 Å². The number of nitrogens with zero attached hydrogens (tertiary/aromatic N) is 1. The molecule has 0 fully saturated rings. The van der Waals surface area contributed by atoms with E-state index in [9.17, 15) is 4.79 Å². The van der Waals surface area contributed by atoms with Crippen molar-refractivity contribution in [1.29, 1.82) is 0 Å². The van der Waals surface area contributed by atoms with Crippen LogP contribution in [0.15, 0.2) is 24.3 Å². The molecule has 1 aromatic carbocycles. The average molecular weight is 175 g/mol. The first-order chi connectivity index (χ1) is 6.31. The van der Waals surface area contributed by atoms with Gasteiger partial charge in [-0.3, -0.25) is 4.79 Å². The Balaban J connectivity index is 2.42. The lowest BCUT2D eigenvalue weighted by Crippen LogP contribution is -2.32. The Labute approximate surface area is 78.2 Å². The van der Waals surface area contributed by atoms with Crippen molar-refractivity contribution in [3.05, 3.63) is 29.8 Å². The largest absolute Gasteiger partial charge is 0.314 e. The van der Waals surface area contributed by atoms with Crippen molar-refractivity contribution in [3.8, 4) is 0 Å². The molecule has 1 aromatic rings. The first-order valence-corrected chi connectivity index (χ1v) is 4.61. The predicted molar refractivity (Wildman–Crippen MR) is 52.7 cm³/mol. The fraction of sp³-hybridized carbons (Fsp3) is 0.364. The number of hydrogen-bond donors (Lipinski definition) is 0. The number of para-hydroxylation sites is 1. The minimum atomic E-state index is 0.570. The van der Waals surface area contributed by atoms with E-state index in [0.29, 0.717) is 5.92 Å². The van der Waals surface area contributed by atoms with Gasteiger partial charge in [-0.2, -0.15) is 0 Å². The lowest BCUT2D eigenvalue weighted by atomic mass is 9.94. The third kappa shape index (κ3) is 1.44. The van der Waals surface area contributed by atoms with Gasteiger partial charge in [-0.15, -0.1) is 0 Å². The molecule has 1 unspecified atom stereocenters. The van der Waals surface area contributed by atoms with Crippen molar-refractivity contribution in [2.75, 3.05) is 11.4 Å². The van der Waals surface area contributed by atoms with Gasteiger partial charge in [0, 0.05) is 12.2 Å². The van der Waals surface area contributed by atoms with Crippen LogP contribution in [0.3, 0.4) is 0 Å². The fourth-order valence-electron chi connectivity index (χ4n) is 1.94. The Kier molecular flexibility index (Phi) is 2.05. The van der Waals surface area contributed by atoms with Gasteiger partial charge in [-0.25, -0.2) is 0 Å². The molecular formula is C11H13NO. The van der Waals surface area contributed by atoms with Gasteiger partial charge in [0.05, 0.1) is 0 Å². The van der Waals surface area contributed by atoms with Crippen molar-refractivity contribution >= 4 is 12.1 Å². The molecule has 2 nitrogen and oxygen atoms in total. The van der Waals surface area contributed by atoms with E-state index in [1.807, 2.05) is 18.2 Å². The summed E-state index contributed by atoms with van der Waals surface area (Å²) in [6, 6.07) is 8.11. The summed E-state index contributed by atoms with van der Waals surface area (Å²) in [5.74, 6) is 0.570. The summed E-state index contributed by atoms with van der Waals surface area (Å²) in [5.41, 5.74) is 2.36. The quantitative estimate of drug-likeness (QED) is 0.596. The molecule has 0 saturated heterocycles. The number of carbonyl (C=O) groups excluding carboxylic acids is 1. The first-order valence-electron chi connectivity index (χ1n) is 4.61. The molecule has 0 radical (unpaired) electrons. The monoisotopic (exact) mass is 175 g/mol. The van der Waals surface area contributed by atoms with Crippen LogP contribution in [-0.4, -0.2) is 13.0 Å². The maximum Gasteiger partial charge on any atom is 0.214 e. The Morgan fingerprint density at radius 1 is 1.46 bits per heavy atom. The van der Waals surface area contributed by atoms with Gasteiger partial charge in [0.25, 0.3) is 0 Å². The number of carbonyl (C=O) groups is 1. The number of fused-ring (bicyclic) bond motifs is 1. The second-order valence-electron chi connectivity index (χ2n) is 3.70. The van der Waals surface area contributed by atoms with Gasteiger partial charge in [0.2, 0.25) is 6.41 Å². The number of rotatable bonds is 1. The molecule has 1 aliphatic rings. The second kappa shape index (κ2) is 3.21. The van der Waals surface area contributed by atoms with Crippen LogP contribution in [0.5, 0.6) is 0 Å². The number of hydrogen-bond acceptors (Lipinski definition) is 1. The highest BCUT2D eigenvalue weighted by molar-refractivity contribution is 5.77. The SMILES string of the molecule is CC1Cc2ccccc2N(C=O)C1. The zero-order chi connectivity index (χ0) is 9.26. The van der Waals surface area contributed by atoms with Gasteiger partial charge in [0.15, 0.2) is 0 Å². The molecule has 0 spiro atoms. The summed E-state index contributed by atoms with van der Waals surface area (Å²) in [6.45, 7) is 3.02. The number of amides is 1. The Morgan fingerprint density at radius 3 is 3.00 bits per heavy atom. The Morgan fingerprint density at radius 2 is 2.23 bits per heavy atom. The molecule has 0 bridgehead atoms. The van der Waals surface area contributed by atoms with Gasteiger partial charge in [-0.1, -0.05) is 25.1 Å². The lowest BCUT2D eigenvalue weighted by molar-refractivity contribution is -0.107. The molecule has 1 amide bonds.